The Morgan fingerprint density at radius 1 is 1.69 bits per heavy atom. The molecule has 1 aliphatic rings. The van der Waals surface area contributed by atoms with E-state index >= 15 is 0 Å². The fraction of sp³-hybridized carbons (Fsp3) is 0.875. The first kappa shape index (κ1) is 10.4. The molecule has 13 heavy (non-hydrogen) atoms. The molecule has 0 bridgehead atoms. The number of aliphatic hydroxyl groups is 1. The lowest BCUT2D eigenvalue weighted by atomic mass is 10.1. The van der Waals surface area contributed by atoms with E-state index in [1.54, 1.807) is 0 Å². The third-order valence-corrected chi connectivity index (χ3v) is 2.25. The van der Waals surface area contributed by atoms with E-state index in [0.29, 0.717) is 13.1 Å². The number of hydrogen-bond donors (Lipinski definition) is 3. The third kappa shape index (κ3) is 3.30. The van der Waals surface area contributed by atoms with Crippen molar-refractivity contribution in [1.29, 1.82) is 0 Å². The van der Waals surface area contributed by atoms with Crippen LogP contribution in [0.3, 0.4) is 0 Å². The summed E-state index contributed by atoms with van der Waals surface area (Å²) < 4.78 is 0. The first-order valence-corrected chi connectivity index (χ1v) is 4.48. The molecule has 0 amide bonds. The molecular formula is C8H16N2O3. The Morgan fingerprint density at radius 3 is 2.92 bits per heavy atom. The van der Waals surface area contributed by atoms with Crippen molar-refractivity contribution < 1.29 is 15.0 Å². The van der Waals surface area contributed by atoms with Gasteiger partial charge in [-0.15, -0.1) is 0 Å². The number of carboxylic acids is 1. The topological polar surface area (TPSA) is 86.8 Å². The summed E-state index contributed by atoms with van der Waals surface area (Å²) >= 11 is 0. The van der Waals surface area contributed by atoms with Gasteiger partial charge in [0.1, 0.15) is 6.04 Å². The van der Waals surface area contributed by atoms with Crippen molar-refractivity contribution in [2.75, 3.05) is 19.6 Å². The highest BCUT2D eigenvalue weighted by Gasteiger charge is 2.21. The highest BCUT2D eigenvalue weighted by molar-refractivity contribution is 5.73. The van der Waals surface area contributed by atoms with Gasteiger partial charge in [-0.25, -0.2) is 0 Å². The number of likely N-dealkylation sites (tertiary alicyclic amines) is 1. The van der Waals surface area contributed by atoms with Gasteiger partial charge in [0.25, 0.3) is 0 Å². The molecule has 0 radical (unpaired) electrons. The molecule has 0 spiro atoms. The molecule has 1 saturated heterocycles. The summed E-state index contributed by atoms with van der Waals surface area (Å²) in [5.41, 5.74) is 5.37. The lowest BCUT2D eigenvalue weighted by Crippen LogP contribution is -2.47. The zero-order valence-electron chi connectivity index (χ0n) is 7.52. The van der Waals surface area contributed by atoms with Crippen LogP contribution in [0.1, 0.15) is 12.8 Å². The Bertz CT molecular complexity index is 186. The van der Waals surface area contributed by atoms with Crippen LogP contribution in [0, 0.1) is 0 Å². The Balaban J connectivity index is 2.31. The van der Waals surface area contributed by atoms with Gasteiger partial charge in [-0.3, -0.25) is 9.69 Å². The van der Waals surface area contributed by atoms with Crippen LogP contribution >= 0.6 is 0 Å². The summed E-state index contributed by atoms with van der Waals surface area (Å²) in [5, 5.41) is 17.9. The van der Waals surface area contributed by atoms with Crippen LogP contribution in [-0.4, -0.2) is 52.9 Å². The predicted octanol–water partition coefficient (Wildman–Crippen LogP) is -1.14. The van der Waals surface area contributed by atoms with Crippen molar-refractivity contribution >= 4 is 5.97 Å². The number of hydrogen-bond acceptors (Lipinski definition) is 4. The van der Waals surface area contributed by atoms with E-state index < -0.39 is 12.0 Å². The van der Waals surface area contributed by atoms with Gasteiger partial charge in [0, 0.05) is 13.1 Å². The molecule has 5 nitrogen and oxygen atoms in total. The molecule has 2 unspecified atom stereocenters. The summed E-state index contributed by atoms with van der Waals surface area (Å²) in [4.78, 5) is 12.3. The highest BCUT2D eigenvalue weighted by Crippen LogP contribution is 2.09. The minimum Gasteiger partial charge on any atom is -0.480 e. The second-order valence-electron chi connectivity index (χ2n) is 3.50. The highest BCUT2D eigenvalue weighted by atomic mass is 16.4. The van der Waals surface area contributed by atoms with Crippen LogP contribution in [0.5, 0.6) is 0 Å². The van der Waals surface area contributed by atoms with Crippen LogP contribution < -0.4 is 5.73 Å². The molecule has 0 aromatic heterocycles. The number of nitrogens with two attached hydrogens (primary N) is 1. The molecule has 76 valence electrons. The fourth-order valence-corrected chi connectivity index (χ4v) is 1.55. The van der Waals surface area contributed by atoms with E-state index in [4.69, 9.17) is 10.8 Å². The standard InChI is InChI=1S/C8H16N2O3/c9-7(8(12)13)5-10-3-1-2-6(11)4-10/h6-7,11H,1-5,9H2,(H,12,13). The minimum absolute atomic E-state index is 0.324. The molecule has 0 aromatic carbocycles. The van der Waals surface area contributed by atoms with Gasteiger partial charge in [0.05, 0.1) is 6.10 Å². The Morgan fingerprint density at radius 2 is 2.38 bits per heavy atom. The smallest absolute Gasteiger partial charge is 0.321 e. The number of piperidine rings is 1. The van der Waals surface area contributed by atoms with E-state index in [0.717, 1.165) is 19.4 Å². The average Bonchev–Trinajstić information content (AvgIpc) is 2.04. The van der Waals surface area contributed by atoms with Gasteiger partial charge in [0.2, 0.25) is 0 Å². The van der Waals surface area contributed by atoms with Crippen molar-refractivity contribution in [3.63, 3.8) is 0 Å². The molecular weight excluding hydrogens is 172 g/mol. The number of β-amino-alcohol motifs (C(OH)–C–C–N with tert-alkyl or cyclic N) is 1. The zero-order chi connectivity index (χ0) is 9.84. The Kier molecular flexibility index (Phi) is 3.65. The molecule has 1 heterocycles. The summed E-state index contributed by atoms with van der Waals surface area (Å²) in [6.45, 7) is 1.70. The summed E-state index contributed by atoms with van der Waals surface area (Å²) in [7, 11) is 0. The number of rotatable bonds is 3. The predicted molar refractivity (Wildman–Crippen MR) is 47.3 cm³/mol. The van der Waals surface area contributed by atoms with Gasteiger partial charge in [0.15, 0.2) is 0 Å². The normalized spacial score (nSPS) is 27.1. The van der Waals surface area contributed by atoms with Crippen LogP contribution in [0.15, 0.2) is 0 Å². The van der Waals surface area contributed by atoms with E-state index in [1.807, 2.05) is 4.90 Å². The number of aliphatic hydroxyl groups excluding tert-OH is 1. The van der Waals surface area contributed by atoms with Crippen molar-refractivity contribution in [1.82, 2.24) is 4.90 Å². The molecule has 5 heteroatoms. The molecule has 1 aliphatic heterocycles. The minimum atomic E-state index is -0.986. The first-order chi connectivity index (χ1) is 6.09. The van der Waals surface area contributed by atoms with E-state index in [-0.39, 0.29) is 6.10 Å². The third-order valence-electron chi connectivity index (χ3n) is 2.25. The van der Waals surface area contributed by atoms with E-state index in [9.17, 15) is 9.90 Å². The van der Waals surface area contributed by atoms with Gasteiger partial charge in [-0.1, -0.05) is 0 Å². The van der Waals surface area contributed by atoms with Crippen LogP contribution in [-0.2, 0) is 4.79 Å². The molecule has 0 aromatic rings. The second kappa shape index (κ2) is 4.55. The quantitative estimate of drug-likeness (QED) is 0.521. The fourth-order valence-electron chi connectivity index (χ4n) is 1.55. The first-order valence-electron chi connectivity index (χ1n) is 4.48. The van der Waals surface area contributed by atoms with E-state index in [2.05, 4.69) is 0 Å². The molecule has 1 fully saturated rings. The van der Waals surface area contributed by atoms with Crippen molar-refractivity contribution in [2.24, 2.45) is 5.73 Å². The maximum absolute atomic E-state index is 10.4. The lowest BCUT2D eigenvalue weighted by molar-refractivity contribution is -0.139. The van der Waals surface area contributed by atoms with Gasteiger partial charge < -0.3 is 15.9 Å². The molecule has 4 N–H and O–H groups in total. The SMILES string of the molecule is NC(CN1CCCC(O)C1)C(=O)O. The van der Waals surface area contributed by atoms with Crippen LogP contribution in [0.2, 0.25) is 0 Å². The largest absolute Gasteiger partial charge is 0.480 e. The van der Waals surface area contributed by atoms with Crippen molar-refractivity contribution in [3.8, 4) is 0 Å². The summed E-state index contributed by atoms with van der Waals surface area (Å²) in [6, 6.07) is -0.842. The molecule has 1 rings (SSSR count). The monoisotopic (exact) mass is 188 g/mol. The molecule has 0 saturated carbocycles. The Labute approximate surface area is 77.1 Å². The van der Waals surface area contributed by atoms with Crippen LogP contribution in [0.4, 0.5) is 0 Å². The second-order valence-corrected chi connectivity index (χ2v) is 3.50. The van der Waals surface area contributed by atoms with Crippen molar-refractivity contribution in [2.45, 2.75) is 25.0 Å². The van der Waals surface area contributed by atoms with Crippen LogP contribution in [0.25, 0.3) is 0 Å². The number of carbonyl (C=O) groups is 1. The lowest BCUT2D eigenvalue weighted by Gasteiger charge is -2.30. The number of carboxylic acid groups (broad SMARTS) is 1. The Hall–Kier alpha value is -0.650. The number of aliphatic carboxylic acids is 1. The average molecular weight is 188 g/mol. The summed E-state index contributed by atoms with van der Waals surface area (Å²) in [5.74, 6) is -0.986. The van der Waals surface area contributed by atoms with Gasteiger partial charge in [-0.2, -0.15) is 0 Å². The van der Waals surface area contributed by atoms with Crippen molar-refractivity contribution in [3.05, 3.63) is 0 Å². The molecule has 2 atom stereocenters. The number of nitrogens with zero attached hydrogens (tertiary/aromatic N) is 1. The van der Waals surface area contributed by atoms with Gasteiger partial charge >= 0.3 is 5.97 Å². The van der Waals surface area contributed by atoms with E-state index in [1.165, 1.54) is 0 Å². The molecule has 0 aliphatic carbocycles. The van der Waals surface area contributed by atoms with Gasteiger partial charge in [-0.05, 0) is 19.4 Å². The zero-order valence-corrected chi connectivity index (χ0v) is 7.52. The maximum atomic E-state index is 10.4. The maximum Gasteiger partial charge on any atom is 0.321 e. The summed E-state index contributed by atoms with van der Waals surface area (Å²) in [6.07, 6.45) is 1.39.